The number of hydrogen-bond donors (Lipinski definition) is 2. The van der Waals surface area contributed by atoms with E-state index in [1.807, 2.05) is 0 Å². The van der Waals surface area contributed by atoms with Gasteiger partial charge in [-0.15, -0.1) is 0 Å². The molecule has 0 spiro atoms. The number of aromatic nitrogens is 2. The van der Waals surface area contributed by atoms with Gasteiger partial charge in [0, 0.05) is 18.6 Å². The fraction of sp³-hybridized carbons (Fsp3) is 0.0833. The van der Waals surface area contributed by atoms with Gasteiger partial charge in [0.05, 0.1) is 10.7 Å². The highest BCUT2D eigenvalue weighted by molar-refractivity contribution is 6.07. The minimum Gasteiger partial charge on any atom is -0.357 e. The Morgan fingerprint density at radius 2 is 2.00 bits per heavy atom. The van der Waals surface area contributed by atoms with Crippen LogP contribution in [-0.4, -0.2) is 9.55 Å². The first-order chi connectivity index (χ1) is 8.09. The molecule has 5 heteroatoms. The van der Waals surface area contributed by atoms with Gasteiger partial charge in [-0.25, -0.2) is 0 Å². The summed E-state index contributed by atoms with van der Waals surface area (Å²) < 4.78 is 1.06. The van der Waals surface area contributed by atoms with E-state index in [0.29, 0.717) is 16.3 Å². The van der Waals surface area contributed by atoms with Crippen molar-refractivity contribution in [3.63, 3.8) is 0 Å². The first kappa shape index (κ1) is 9.77. The van der Waals surface area contributed by atoms with Crippen molar-refractivity contribution in [3.8, 4) is 0 Å². The van der Waals surface area contributed by atoms with Crippen LogP contribution in [0.1, 0.15) is 0 Å². The largest absolute Gasteiger partial charge is 0.357 e. The van der Waals surface area contributed by atoms with Gasteiger partial charge < -0.3 is 10.4 Å². The summed E-state index contributed by atoms with van der Waals surface area (Å²) in [6.07, 6.45) is 1.64. The van der Waals surface area contributed by atoms with Crippen LogP contribution in [0.4, 0.5) is 0 Å². The third-order valence-corrected chi connectivity index (χ3v) is 2.96. The van der Waals surface area contributed by atoms with Crippen molar-refractivity contribution in [2.75, 3.05) is 0 Å². The summed E-state index contributed by atoms with van der Waals surface area (Å²) in [4.78, 5) is 26.8. The minimum atomic E-state index is -0.360. The lowest BCUT2D eigenvalue weighted by Gasteiger charge is -2.06. The fourth-order valence-electron chi connectivity index (χ4n) is 2.14. The van der Waals surface area contributed by atoms with Crippen molar-refractivity contribution >= 4 is 21.7 Å². The van der Waals surface area contributed by atoms with Crippen molar-refractivity contribution in [2.24, 2.45) is 7.05 Å². The van der Waals surface area contributed by atoms with Gasteiger partial charge >= 0.3 is 0 Å². The lowest BCUT2D eigenvalue weighted by Crippen LogP contribution is -2.31. The highest BCUT2D eigenvalue weighted by Gasteiger charge is 2.11. The molecule has 0 bridgehead atoms. The number of aromatic amines is 1. The molecular formula is C12H9N3O2. The molecule has 0 fully saturated rings. The molecule has 0 aliphatic carbocycles. The van der Waals surface area contributed by atoms with E-state index >= 15 is 0 Å². The predicted molar refractivity (Wildman–Crippen MR) is 64.4 cm³/mol. The zero-order valence-electron chi connectivity index (χ0n) is 9.07. The van der Waals surface area contributed by atoms with E-state index in [2.05, 4.69) is 4.98 Å². The van der Waals surface area contributed by atoms with E-state index in [0.717, 1.165) is 9.95 Å². The van der Waals surface area contributed by atoms with Gasteiger partial charge in [-0.3, -0.25) is 14.2 Å². The molecule has 0 amide bonds. The molecule has 5 nitrogen and oxygen atoms in total. The maximum absolute atomic E-state index is 12.0. The van der Waals surface area contributed by atoms with Gasteiger partial charge in [0.15, 0.2) is 0 Å². The molecule has 2 aromatic heterocycles. The van der Waals surface area contributed by atoms with Crippen LogP contribution in [-0.2, 0) is 7.05 Å². The zero-order chi connectivity index (χ0) is 12.2. The van der Waals surface area contributed by atoms with E-state index in [9.17, 15) is 9.59 Å². The number of rotatable bonds is 0. The maximum Gasteiger partial charge on any atom is 0.277 e. The molecule has 84 valence electrons. The van der Waals surface area contributed by atoms with Crippen LogP contribution in [0.5, 0.6) is 0 Å². The van der Waals surface area contributed by atoms with Crippen molar-refractivity contribution in [1.29, 1.82) is 5.41 Å². The number of pyridine rings is 2. The van der Waals surface area contributed by atoms with Gasteiger partial charge in [-0.2, -0.15) is 0 Å². The molecule has 2 heterocycles. The maximum atomic E-state index is 12.0. The lowest BCUT2D eigenvalue weighted by atomic mass is 10.1. The van der Waals surface area contributed by atoms with Crippen LogP contribution in [0.2, 0.25) is 0 Å². The quantitative estimate of drug-likeness (QED) is 0.579. The molecule has 0 atom stereocenters. The van der Waals surface area contributed by atoms with Gasteiger partial charge in [0.1, 0.15) is 5.52 Å². The van der Waals surface area contributed by atoms with E-state index in [-0.39, 0.29) is 16.5 Å². The normalized spacial score (nSPS) is 11.4. The van der Waals surface area contributed by atoms with Crippen molar-refractivity contribution in [2.45, 2.75) is 0 Å². The van der Waals surface area contributed by atoms with Gasteiger partial charge in [-0.1, -0.05) is 0 Å². The second kappa shape index (κ2) is 3.04. The van der Waals surface area contributed by atoms with Crippen LogP contribution in [0, 0.1) is 5.41 Å². The SMILES string of the molecule is Cn1c(=O)c2cc(=N)cc3cc[nH]c(c1=O)c32. The minimum absolute atomic E-state index is 0.265. The second-order valence-electron chi connectivity index (χ2n) is 4.01. The van der Waals surface area contributed by atoms with Crippen LogP contribution in [0.15, 0.2) is 34.0 Å². The van der Waals surface area contributed by atoms with E-state index < -0.39 is 0 Å². The molecule has 2 N–H and O–H groups in total. The third kappa shape index (κ3) is 1.16. The number of nitrogens with one attached hydrogen (secondary N) is 2. The highest BCUT2D eigenvalue weighted by Crippen LogP contribution is 2.17. The summed E-state index contributed by atoms with van der Waals surface area (Å²) in [5.41, 5.74) is -0.299. The number of hydrogen-bond acceptors (Lipinski definition) is 3. The van der Waals surface area contributed by atoms with E-state index in [1.165, 1.54) is 13.1 Å². The topological polar surface area (TPSA) is 78.7 Å². The molecular weight excluding hydrogens is 218 g/mol. The van der Waals surface area contributed by atoms with E-state index in [1.54, 1.807) is 18.3 Å². The Labute approximate surface area is 94.8 Å². The van der Waals surface area contributed by atoms with Crippen LogP contribution in [0.25, 0.3) is 21.7 Å². The van der Waals surface area contributed by atoms with Gasteiger partial charge in [0.25, 0.3) is 11.1 Å². The third-order valence-electron chi connectivity index (χ3n) is 2.96. The van der Waals surface area contributed by atoms with E-state index in [4.69, 9.17) is 5.41 Å². The summed E-state index contributed by atoms with van der Waals surface area (Å²) in [5.74, 6) is 0. The van der Waals surface area contributed by atoms with Crippen molar-refractivity contribution in [3.05, 3.63) is 50.5 Å². The highest BCUT2D eigenvalue weighted by atomic mass is 16.2. The molecule has 3 aromatic rings. The molecule has 0 saturated heterocycles. The summed E-state index contributed by atoms with van der Waals surface area (Å²) >= 11 is 0. The summed E-state index contributed by atoms with van der Waals surface area (Å²) in [6.45, 7) is 0. The molecule has 0 aliphatic rings. The Bertz CT molecular complexity index is 905. The molecule has 0 unspecified atom stereocenters. The van der Waals surface area contributed by atoms with Crippen molar-refractivity contribution < 1.29 is 0 Å². The molecule has 3 rings (SSSR count). The number of nitrogens with zero attached hydrogens (tertiary/aromatic N) is 1. The first-order valence-electron chi connectivity index (χ1n) is 5.12. The molecule has 17 heavy (non-hydrogen) atoms. The molecule has 1 aromatic carbocycles. The zero-order valence-corrected chi connectivity index (χ0v) is 9.07. The molecule has 0 aliphatic heterocycles. The van der Waals surface area contributed by atoms with Crippen molar-refractivity contribution in [1.82, 2.24) is 9.55 Å². The first-order valence-corrected chi connectivity index (χ1v) is 5.12. The Kier molecular flexibility index (Phi) is 1.75. The fourth-order valence-corrected chi connectivity index (χ4v) is 2.14. The van der Waals surface area contributed by atoms with Crippen LogP contribution < -0.4 is 16.5 Å². The standard InChI is InChI=1S/C12H9N3O2/c1-15-11(16)8-5-7(13)4-6-2-3-14-10(9(6)8)12(15)17/h2-5,13-14H,1H3. The molecule has 0 saturated carbocycles. The van der Waals surface area contributed by atoms with Gasteiger partial charge in [-0.05, 0) is 23.6 Å². The summed E-state index contributed by atoms with van der Waals surface area (Å²) in [6, 6.07) is 4.89. The smallest absolute Gasteiger partial charge is 0.277 e. The number of benzene rings is 1. The summed E-state index contributed by atoms with van der Waals surface area (Å²) in [5, 5.41) is 9.67. The predicted octanol–water partition coefficient (Wildman–Crippen LogP) is 0.297. The summed E-state index contributed by atoms with van der Waals surface area (Å²) in [7, 11) is 1.44. The van der Waals surface area contributed by atoms with Gasteiger partial charge in [0.2, 0.25) is 0 Å². The Balaban J connectivity index is 2.89. The number of H-pyrrole nitrogens is 1. The Hall–Kier alpha value is -2.43. The Morgan fingerprint density at radius 1 is 1.24 bits per heavy atom. The average Bonchev–Trinajstić information content (AvgIpc) is 2.32. The van der Waals surface area contributed by atoms with Crippen LogP contribution in [0.3, 0.4) is 0 Å². The molecule has 0 radical (unpaired) electrons. The lowest BCUT2D eigenvalue weighted by molar-refractivity contribution is 0.837. The Morgan fingerprint density at radius 3 is 2.76 bits per heavy atom. The second-order valence-corrected chi connectivity index (χ2v) is 4.01. The van der Waals surface area contributed by atoms with Crippen LogP contribution >= 0.6 is 0 Å². The monoisotopic (exact) mass is 227 g/mol. The average molecular weight is 227 g/mol.